The number of benzene rings is 2. The molecule has 4 heteroatoms. The Bertz CT molecular complexity index is 1090. The fourth-order valence-corrected chi connectivity index (χ4v) is 4.03. The van der Waals surface area contributed by atoms with Gasteiger partial charge >= 0.3 is 5.97 Å². The van der Waals surface area contributed by atoms with Crippen LogP contribution >= 0.6 is 0 Å². The topological polar surface area (TPSA) is 55.8 Å². The summed E-state index contributed by atoms with van der Waals surface area (Å²) < 4.78 is 11.3. The van der Waals surface area contributed by atoms with Gasteiger partial charge in [0.05, 0.1) is 12.7 Å². The number of carbonyl (C=O) groups excluding carboxylic acids is 1. The van der Waals surface area contributed by atoms with Gasteiger partial charge in [0, 0.05) is 5.56 Å². The molecule has 0 aliphatic carbocycles. The van der Waals surface area contributed by atoms with E-state index in [0.29, 0.717) is 16.9 Å². The highest BCUT2D eigenvalue weighted by atomic mass is 16.5. The highest BCUT2D eigenvalue weighted by Gasteiger charge is 2.31. The highest BCUT2D eigenvalue weighted by Crippen LogP contribution is 2.44. The van der Waals surface area contributed by atoms with Gasteiger partial charge in [-0.05, 0) is 77.2 Å². The summed E-state index contributed by atoms with van der Waals surface area (Å²) in [6.07, 6.45) is 12.2. The number of allylic oxidation sites excluding steroid dienone is 4. The first kappa shape index (κ1) is 24.4. The maximum atomic E-state index is 12.5. The van der Waals surface area contributed by atoms with Crippen molar-refractivity contribution in [2.24, 2.45) is 0 Å². The minimum atomic E-state index is -0.579. The Morgan fingerprint density at radius 2 is 1.85 bits per heavy atom. The van der Waals surface area contributed by atoms with E-state index in [4.69, 9.17) is 9.47 Å². The zero-order valence-electron chi connectivity index (χ0n) is 20.3. The first-order valence-corrected chi connectivity index (χ1v) is 11.4. The van der Waals surface area contributed by atoms with E-state index in [1.165, 1.54) is 18.3 Å². The van der Waals surface area contributed by atoms with Crippen molar-refractivity contribution in [1.82, 2.24) is 0 Å². The van der Waals surface area contributed by atoms with Gasteiger partial charge in [-0.1, -0.05) is 53.6 Å². The van der Waals surface area contributed by atoms with Crippen molar-refractivity contribution < 1.29 is 19.4 Å². The number of phenols is 1. The maximum absolute atomic E-state index is 12.5. The quantitative estimate of drug-likeness (QED) is 0.337. The molecule has 1 unspecified atom stereocenters. The lowest BCUT2D eigenvalue weighted by atomic mass is 9.90. The largest absolute Gasteiger partial charge is 0.506 e. The van der Waals surface area contributed by atoms with Gasteiger partial charge in [0.1, 0.15) is 22.7 Å². The van der Waals surface area contributed by atoms with Crippen LogP contribution in [0.15, 0.2) is 65.8 Å². The van der Waals surface area contributed by atoms with Crippen LogP contribution in [0.2, 0.25) is 0 Å². The predicted molar refractivity (Wildman–Crippen MR) is 135 cm³/mol. The maximum Gasteiger partial charge on any atom is 0.342 e. The minimum Gasteiger partial charge on any atom is -0.506 e. The van der Waals surface area contributed by atoms with Crippen LogP contribution < -0.4 is 4.74 Å². The third kappa shape index (κ3) is 5.95. The Labute approximate surface area is 197 Å². The number of hydrogen-bond acceptors (Lipinski definition) is 4. The van der Waals surface area contributed by atoms with Crippen molar-refractivity contribution in [2.45, 2.75) is 59.0 Å². The second-order valence-electron chi connectivity index (χ2n) is 9.07. The van der Waals surface area contributed by atoms with Crippen molar-refractivity contribution in [3.63, 3.8) is 0 Å². The van der Waals surface area contributed by atoms with Crippen molar-refractivity contribution in [3.8, 4) is 22.6 Å². The second kappa shape index (κ2) is 10.6. The molecule has 0 aromatic heterocycles. The molecule has 1 N–H and O–H groups in total. The number of carbonyl (C=O) groups is 1. The average molecular weight is 447 g/mol. The Hall–Kier alpha value is -3.27. The SMILES string of the molecule is COC(=O)c1c(-c2ccccc2)cc2c(c1O)C=CC(C)(CC/C=C(\C)CCC=C(C)C)O2. The van der Waals surface area contributed by atoms with Crippen LogP contribution in [0.25, 0.3) is 17.2 Å². The Kier molecular flexibility index (Phi) is 7.80. The molecule has 4 nitrogen and oxygen atoms in total. The fourth-order valence-electron chi connectivity index (χ4n) is 4.03. The molecule has 174 valence electrons. The molecular weight excluding hydrogens is 412 g/mol. The van der Waals surface area contributed by atoms with Crippen LogP contribution in [0.1, 0.15) is 69.3 Å². The van der Waals surface area contributed by atoms with E-state index in [-0.39, 0.29) is 11.3 Å². The van der Waals surface area contributed by atoms with Crippen LogP contribution in [0.4, 0.5) is 0 Å². The van der Waals surface area contributed by atoms with Crippen LogP contribution in [0, 0.1) is 0 Å². The number of fused-ring (bicyclic) bond motifs is 1. The number of rotatable bonds is 8. The molecule has 1 aliphatic heterocycles. The summed E-state index contributed by atoms with van der Waals surface area (Å²) in [5.41, 5.74) is 4.27. The zero-order chi connectivity index (χ0) is 24.0. The minimum absolute atomic E-state index is 0.119. The lowest BCUT2D eigenvalue weighted by molar-refractivity contribution is 0.0598. The number of hydrogen-bond donors (Lipinski definition) is 1. The molecule has 0 bridgehead atoms. The van der Waals surface area contributed by atoms with Gasteiger partial charge in [-0.15, -0.1) is 0 Å². The summed E-state index contributed by atoms with van der Waals surface area (Å²) in [5, 5.41) is 11.0. The van der Waals surface area contributed by atoms with E-state index in [1.54, 1.807) is 0 Å². The summed E-state index contributed by atoms with van der Waals surface area (Å²) in [7, 11) is 1.31. The highest BCUT2D eigenvalue weighted by molar-refractivity contribution is 6.02. The van der Waals surface area contributed by atoms with Gasteiger partial charge in [0.25, 0.3) is 0 Å². The van der Waals surface area contributed by atoms with E-state index in [2.05, 4.69) is 32.9 Å². The first-order valence-electron chi connectivity index (χ1n) is 11.4. The fraction of sp³-hybridized carbons (Fsp3) is 0.345. The molecule has 2 aromatic carbocycles. The molecule has 1 heterocycles. The smallest absolute Gasteiger partial charge is 0.342 e. The Morgan fingerprint density at radius 3 is 2.52 bits per heavy atom. The number of aromatic hydroxyl groups is 1. The van der Waals surface area contributed by atoms with Gasteiger partial charge in [-0.2, -0.15) is 0 Å². The molecule has 0 saturated carbocycles. The number of esters is 1. The van der Waals surface area contributed by atoms with E-state index in [1.807, 2.05) is 55.5 Å². The Morgan fingerprint density at radius 1 is 1.12 bits per heavy atom. The Balaban J connectivity index is 1.85. The van der Waals surface area contributed by atoms with E-state index in [0.717, 1.165) is 31.2 Å². The van der Waals surface area contributed by atoms with Gasteiger partial charge in [-0.25, -0.2) is 4.79 Å². The normalized spacial score (nSPS) is 17.2. The average Bonchev–Trinajstić information content (AvgIpc) is 2.78. The molecule has 3 rings (SSSR count). The van der Waals surface area contributed by atoms with Crippen molar-refractivity contribution in [2.75, 3.05) is 7.11 Å². The third-order valence-corrected chi connectivity index (χ3v) is 5.95. The number of methoxy groups -OCH3 is 1. The van der Waals surface area contributed by atoms with Crippen LogP contribution in [0.5, 0.6) is 11.5 Å². The third-order valence-electron chi connectivity index (χ3n) is 5.95. The van der Waals surface area contributed by atoms with Gasteiger partial charge in [0.15, 0.2) is 0 Å². The molecule has 0 saturated heterocycles. The van der Waals surface area contributed by atoms with Crippen LogP contribution in [0.3, 0.4) is 0 Å². The monoisotopic (exact) mass is 446 g/mol. The molecule has 0 fully saturated rings. The van der Waals surface area contributed by atoms with Crippen molar-refractivity contribution in [3.05, 3.63) is 76.9 Å². The lowest BCUT2D eigenvalue weighted by Gasteiger charge is -2.32. The molecule has 0 spiro atoms. The van der Waals surface area contributed by atoms with Crippen molar-refractivity contribution >= 4 is 12.0 Å². The molecule has 0 radical (unpaired) electrons. The second-order valence-corrected chi connectivity index (χ2v) is 9.07. The summed E-state index contributed by atoms with van der Waals surface area (Å²) in [5.74, 6) is -0.135. The standard InChI is InChI=1S/C29H34O4/c1-20(2)11-9-12-21(3)13-10-17-29(4)18-16-23-25(33-29)19-24(22-14-7-6-8-15-22)26(27(23)30)28(31)32-5/h6-8,11,13-16,18-19,30H,9-10,12,17H2,1-5H3/b21-13+. The van der Waals surface area contributed by atoms with Crippen LogP contribution in [-0.2, 0) is 4.74 Å². The lowest BCUT2D eigenvalue weighted by Crippen LogP contribution is -2.31. The first-order chi connectivity index (χ1) is 15.7. The van der Waals surface area contributed by atoms with E-state index in [9.17, 15) is 9.90 Å². The molecule has 1 atom stereocenters. The van der Waals surface area contributed by atoms with E-state index >= 15 is 0 Å². The van der Waals surface area contributed by atoms with E-state index < -0.39 is 11.6 Å². The summed E-state index contributed by atoms with van der Waals surface area (Å²) in [6.45, 7) is 8.47. The predicted octanol–water partition coefficient (Wildman–Crippen LogP) is 7.48. The summed E-state index contributed by atoms with van der Waals surface area (Å²) in [6, 6.07) is 11.3. The van der Waals surface area contributed by atoms with Crippen molar-refractivity contribution in [1.29, 1.82) is 0 Å². The number of ether oxygens (including phenoxy) is 2. The molecule has 0 amide bonds. The van der Waals surface area contributed by atoms with Crippen LogP contribution in [-0.4, -0.2) is 23.8 Å². The number of phenolic OH excluding ortho intramolecular Hbond substituents is 1. The van der Waals surface area contributed by atoms with Gasteiger partial charge in [-0.3, -0.25) is 0 Å². The molecule has 33 heavy (non-hydrogen) atoms. The summed E-state index contributed by atoms with van der Waals surface area (Å²) in [4.78, 5) is 12.5. The zero-order valence-corrected chi connectivity index (χ0v) is 20.3. The van der Waals surface area contributed by atoms with Gasteiger partial charge < -0.3 is 14.6 Å². The molecular formula is C29H34O4. The van der Waals surface area contributed by atoms with Gasteiger partial charge in [0.2, 0.25) is 0 Å². The summed E-state index contributed by atoms with van der Waals surface area (Å²) >= 11 is 0. The molecule has 2 aromatic rings. The molecule has 1 aliphatic rings.